The fraction of sp³-hybridized carbons (Fsp3) is 0.533. The van der Waals surface area contributed by atoms with Gasteiger partial charge in [0.05, 0.1) is 6.54 Å². The predicted octanol–water partition coefficient (Wildman–Crippen LogP) is 2.12. The van der Waals surface area contributed by atoms with E-state index >= 15 is 0 Å². The molecule has 0 aromatic heterocycles. The highest BCUT2D eigenvalue weighted by atomic mass is 16.1. The molecular formula is C15H24N2O. The summed E-state index contributed by atoms with van der Waals surface area (Å²) in [5, 5.41) is 6.20. The second kappa shape index (κ2) is 7.88. The quantitative estimate of drug-likeness (QED) is 0.776. The summed E-state index contributed by atoms with van der Waals surface area (Å²) in [7, 11) is 0. The van der Waals surface area contributed by atoms with Gasteiger partial charge in [-0.3, -0.25) is 4.79 Å². The number of carbonyl (C=O) groups excluding carboxylic acids is 1. The van der Waals surface area contributed by atoms with Crippen LogP contribution in [-0.2, 0) is 11.2 Å². The van der Waals surface area contributed by atoms with Crippen LogP contribution in [0.3, 0.4) is 0 Å². The summed E-state index contributed by atoms with van der Waals surface area (Å²) in [5.74, 6) is 0.0683. The minimum Gasteiger partial charge on any atom is -0.352 e. The van der Waals surface area contributed by atoms with Crippen LogP contribution in [0, 0.1) is 0 Å². The van der Waals surface area contributed by atoms with E-state index in [0.717, 1.165) is 12.8 Å². The molecule has 0 aliphatic carbocycles. The van der Waals surface area contributed by atoms with Crippen molar-refractivity contribution in [1.29, 1.82) is 0 Å². The maximum Gasteiger partial charge on any atom is 0.234 e. The molecule has 1 amide bonds. The number of amides is 1. The highest BCUT2D eigenvalue weighted by molar-refractivity contribution is 5.78. The van der Waals surface area contributed by atoms with Gasteiger partial charge in [0.2, 0.25) is 5.91 Å². The highest BCUT2D eigenvalue weighted by Gasteiger charge is 2.08. The minimum absolute atomic E-state index is 0.0683. The highest BCUT2D eigenvalue weighted by Crippen LogP contribution is 2.02. The van der Waals surface area contributed by atoms with Crippen molar-refractivity contribution in [2.24, 2.45) is 0 Å². The molecule has 0 saturated heterocycles. The van der Waals surface area contributed by atoms with Gasteiger partial charge in [0, 0.05) is 12.1 Å². The first-order valence-electron chi connectivity index (χ1n) is 6.68. The van der Waals surface area contributed by atoms with Crippen LogP contribution in [0.25, 0.3) is 0 Å². The van der Waals surface area contributed by atoms with Gasteiger partial charge in [-0.15, -0.1) is 0 Å². The van der Waals surface area contributed by atoms with Gasteiger partial charge in [0.1, 0.15) is 0 Å². The number of rotatable bonds is 7. The van der Waals surface area contributed by atoms with Crippen LogP contribution in [0.4, 0.5) is 0 Å². The first-order chi connectivity index (χ1) is 8.61. The lowest BCUT2D eigenvalue weighted by Crippen LogP contribution is -2.42. The third-order valence-corrected chi connectivity index (χ3v) is 3.02. The zero-order valence-electron chi connectivity index (χ0n) is 11.6. The number of nitrogens with one attached hydrogen (secondary N) is 2. The molecule has 1 rings (SSSR count). The summed E-state index contributed by atoms with van der Waals surface area (Å²) in [5.41, 5.74) is 1.25. The second-order valence-electron chi connectivity index (χ2n) is 4.85. The van der Waals surface area contributed by atoms with Crippen molar-refractivity contribution in [3.05, 3.63) is 35.9 Å². The fourth-order valence-electron chi connectivity index (χ4n) is 1.76. The summed E-state index contributed by atoms with van der Waals surface area (Å²) in [6, 6.07) is 10.8. The lowest BCUT2D eigenvalue weighted by molar-refractivity contribution is -0.120. The Kier molecular flexibility index (Phi) is 6.44. The Morgan fingerprint density at radius 1 is 1.17 bits per heavy atom. The molecule has 0 saturated carbocycles. The van der Waals surface area contributed by atoms with Crippen LogP contribution >= 0.6 is 0 Å². The third-order valence-electron chi connectivity index (χ3n) is 3.02. The first-order valence-corrected chi connectivity index (χ1v) is 6.68. The SMILES string of the molecule is CCC(C)NCC(=O)NC(C)Cc1ccccc1. The summed E-state index contributed by atoms with van der Waals surface area (Å²) in [6.07, 6.45) is 1.91. The van der Waals surface area contributed by atoms with E-state index in [0.29, 0.717) is 12.6 Å². The van der Waals surface area contributed by atoms with E-state index in [1.165, 1.54) is 5.56 Å². The Morgan fingerprint density at radius 2 is 1.83 bits per heavy atom. The molecule has 2 N–H and O–H groups in total. The molecule has 0 spiro atoms. The van der Waals surface area contributed by atoms with Crippen molar-refractivity contribution in [3.63, 3.8) is 0 Å². The van der Waals surface area contributed by atoms with Crippen LogP contribution in [0.5, 0.6) is 0 Å². The van der Waals surface area contributed by atoms with Crippen molar-refractivity contribution in [3.8, 4) is 0 Å². The van der Waals surface area contributed by atoms with Gasteiger partial charge >= 0.3 is 0 Å². The molecule has 0 bridgehead atoms. The van der Waals surface area contributed by atoms with Gasteiger partial charge in [-0.25, -0.2) is 0 Å². The van der Waals surface area contributed by atoms with Gasteiger partial charge in [-0.1, -0.05) is 37.3 Å². The standard InChI is InChI=1S/C15H24N2O/c1-4-12(2)16-11-15(18)17-13(3)10-14-8-6-5-7-9-14/h5-9,12-13,16H,4,10-11H2,1-3H3,(H,17,18). The second-order valence-corrected chi connectivity index (χ2v) is 4.85. The molecule has 0 aliphatic rings. The Balaban J connectivity index is 2.27. The van der Waals surface area contributed by atoms with Gasteiger partial charge in [0.15, 0.2) is 0 Å². The normalized spacial score (nSPS) is 13.9. The largest absolute Gasteiger partial charge is 0.352 e. The molecule has 3 nitrogen and oxygen atoms in total. The number of hydrogen-bond acceptors (Lipinski definition) is 2. The molecule has 0 radical (unpaired) electrons. The van der Waals surface area contributed by atoms with Crippen LogP contribution in [-0.4, -0.2) is 24.5 Å². The van der Waals surface area contributed by atoms with Crippen molar-refractivity contribution >= 4 is 5.91 Å². The average molecular weight is 248 g/mol. The molecule has 0 heterocycles. The molecule has 1 aromatic rings. The molecule has 0 fully saturated rings. The maximum absolute atomic E-state index is 11.7. The lowest BCUT2D eigenvalue weighted by Gasteiger charge is -2.16. The summed E-state index contributed by atoms with van der Waals surface area (Å²) >= 11 is 0. The number of carbonyl (C=O) groups is 1. The maximum atomic E-state index is 11.7. The Bertz CT molecular complexity index is 351. The average Bonchev–Trinajstić information content (AvgIpc) is 2.37. The molecule has 2 unspecified atom stereocenters. The van der Waals surface area contributed by atoms with E-state index in [1.54, 1.807) is 0 Å². The number of hydrogen-bond donors (Lipinski definition) is 2. The third kappa shape index (κ3) is 5.82. The van der Waals surface area contributed by atoms with Gasteiger partial charge in [-0.05, 0) is 32.3 Å². The topological polar surface area (TPSA) is 41.1 Å². The van der Waals surface area contributed by atoms with Crippen LogP contribution < -0.4 is 10.6 Å². The molecule has 0 aliphatic heterocycles. The van der Waals surface area contributed by atoms with E-state index in [-0.39, 0.29) is 11.9 Å². The smallest absolute Gasteiger partial charge is 0.234 e. The van der Waals surface area contributed by atoms with Crippen LogP contribution in [0.1, 0.15) is 32.8 Å². The zero-order valence-corrected chi connectivity index (χ0v) is 11.6. The molecule has 3 heteroatoms. The zero-order chi connectivity index (χ0) is 13.4. The number of benzene rings is 1. The lowest BCUT2D eigenvalue weighted by atomic mass is 10.1. The van der Waals surface area contributed by atoms with E-state index < -0.39 is 0 Å². The Hall–Kier alpha value is -1.35. The van der Waals surface area contributed by atoms with Gasteiger partial charge < -0.3 is 10.6 Å². The molecule has 100 valence electrons. The van der Waals surface area contributed by atoms with E-state index in [4.69, 9.17) is 0 Å². The summed E-state index contributed by atoms with van der Waals surface area (Å²) in [4.78, 5) is 11.7. The van der Waals surface area contributed by atoms with Crippen molar-refractivity contribution in [1.82, 2.24) is 10.6 Å². The Labute approximate surface area is 110 Å². The monoisotopic (exact) mass is 248 g/mol. The minimum atomic E-state index is 0.0683. The van der Waals surface area contributed by atoms with Crippen LogP contribution in [0.2, 0.25) is 0 Å². The van der Waals surface area contributed by atoms with E-state index in [2.05, 4.69) is 36.6 Å². The fourth-order valence-corrected chi connectivity index (χ4v) is 1.76. The molecule has 1 aromatic carbocycles. The van der Waals surface area contributed by atoms with Crippen molar-refractivity contribution in [2.45, 2.75) is 45.7 Å². The van der Waals surface area contributed by atoms with E-state index in [9.17, 15) is 4.79 Å². The molecular weight excluding hydrogens is 224 g/mol. The van der Waals surface area contributed by atoms with Gasteiger partial charge in [-0.2, -0.15) is 0 Å². The van der Waals surface area contributed by atoms with Crippen LogP contribution in [0.15, 0.2) is 30.3 Å². The van der Waals surface area contributed by atoms with Gasteiger partial charge in [0.25, 0.3) is 0 Å². The summed E-state index contributed by atoms with van der Waals surface area (Å²) in [6.45, 7) is 6.62. The Morgan fingerprint density at radius 3 is 2.44 bits per heavy atom. The summed E-state index contributed by atoms with van der Waals surface area (Å²) < 4.78 is 0. The van der Waals surface area contributed by atoms with Crippen molar-refractivity contribution < 1.29 is 4.79 Å². The predicted molar refractivity (Wildman–Crippen MR) is 75.5 cm³/mol. The van der Waals surface area contributed by atoms with Crippen molar-refractivity contribution in [2.75, 3.05) is 6.54 Å². The first kappa shape index (κ1) is 14.7. The van der Waals surface area contributed by atoms with E-state index in [1.807, 2.05) is 25.1 Å². The molecule has 18 heavy (non-hydrogen) atoms. The molecule has 2 atom stereocenters.